The van der Waals surface area contributed by atoms with Crippen molar-refractivity contribution in [1.29, 1.82) is 0 Å². The standard InChI is InChI=1S/C18H17NO3/c1-21-15-8-7-12-5-6-13(17(20)16(12)11-15)10-14-4-3-9-19-18(14)22-2/h3-4,7-11H,5-6H2,1-2H3/b13-10+. The maximum Gasteiger partial charge on any atom is 0.220 e. The Morgan fingerprint density at radius 3 is 2.77 bits per heavy atom. The highest BCUT2D eigenvalue weighted by Gasteiger charge is 2.22. The van der Waals surface area contributed by atoms with Crippen molar-refractivity contribution < 1.29 is 14.3 Å². The molecule has 1 aromatic carbocycles. The van der Waals surface area contributed by atoms with Gasteiger partial charge in [-0.25, -0.2) is 4.98 Å². The van der Waals surface area contributed by atoms with Crippen molar-refractivity contribution in [3.05, 3.63) is 58.8 Å². The number of rotatable bonds is 3. The molecule has 1 aliphatic carbocycles. The maximum atomic E-state index is 12.7. The molecule has 0 fully saturated rings. The van der Waals surface area contributed by atoms with Gasteiger partial charge < -0.3 is 9.47 Å². The zero-order valence-corrected chi connectivity index (χ0v) is 12.6. The highest BCUT2D eigenvalue weighted by molar-refractivity contribution is 6.13. The van der Waals surface area contributed by atoms with Crippen molar-refractivity contribution in [3.8, 4) is 11.6 Å². The summed E-state index contributed by atoms with van der Waals surface area (Å²) in [6.45, 7) is 0. The predicted molar refractivity (Wildman–Crippen MR) is 84.4 cm³/mol. The van der Waals surface area contributed by atoms with Crippen LogP contribution in [0, 0.1) is 0 Å². The number of hydrogen-bond acceptors (Lipinski definition) is 4. The van der Waals surface area contributed by atoms with E-state index in [-0.39, 0.29) is 5.78 Å². The van der Waals surface area contributed by atoms with Crippen LogP contribution < -0.4 is 9.47 Å². The first-order valence-corrected chi connectivity index (χ1v) is 7.14. The zero-order chi connectivity index (χ0) is 15.5. The molecule has 0 radical (unpaired) electrons. The Labute approximate surface area is 129 Å². The number of carbonyl (C=O) groups excluding carboxylic acids is 1. The second-order valence-corrected chi connectivity index (χ2v) is 5.12. The van der Waals surface area contributed by atoms with Gasteiger partial charge in [0.25, 0.3) is 0 Å². The first-order chi connectivity index (χ1) is 10.7. The van der Waals surface area contributed by atoms with E-state index in [1.54, 1.807) is 20.4 Å². The Kier molecular flexibility index (Phi) is 3.92. The Balaban J connectivity index is 2.00. The van der Waals surface area contributed by atoms with Crippen LogP contribution in [0.15, 0.2) is 42.1 Å². The van der Waals surface area contributed by atoms with Gasteiger partial charge >= 0.3 is 0 Å². The van der Waals surface area contributed by atoms with E-state index in [0.29, 0.717) is 11.6 Å². The summed E-state index contributed by atoms with van der Waals surface area (Å²) in [7, 11) is 3.18. The Hall–Kier alpha value is -2.62. The van der Waals surface area contributed by atoms with Gasteiger partial charge in [-0.1, -0.05) is 6.07 Å². The average molecular weight is 295 g/mol. The van der Waals surface area contributed by atoms with Crippen LogP contribution in [0.2, 0.25) is 0 Å². The molecule has 0 saturated heterocycles. The van der Waals surface area contributed by atoms with Crippen LogP contribution in [-0.2, 0) is 6.42 Å². The van der Waals surface area contributed by atoms with Crippen LogP contribution in [0.3, 0.4) is 0 Å². The van der Waals surface area contributed by atoms with Crippen LogP contribution in [0.5, 0.6) is 11.6 Å². The third-order valence-electron chi connectivity index (χ3n) is 3.84. The molecule has 0 N–H and O–H groups in total. The Morgan fingerprint density at radius 1 is 1.14 bits per heavy atom. The molecule has 1 heterocycles. The number of fused-ring (bicyclic) bond motifs is 1. The summed E-state index contributed by atoms with van der Waals surface area (Å²) in [5.41, 5.74) is 3.38. The smallest absolute Gasteiger partial charge is 0.220 e. The fourth-order valence-corrected chi connectivity index (χ4v) is 2.68. The summed E-state index contributed by atoms with van der Waals surface area (Å²) in [6.07, 6.45) is 5.11. The third kappa shape index (κ3) is 2.60. The fourth-order valence-electron chi connectivity index (χ4n) is 2.68. The topological polar surface area (TPSA) is 48.4 Å². The van der Waals surface area contributed by atoms with E-state index < -0.39 is 0 Å². The second-order valence-electron chi connectivity index (χ2n) is 5.12. The number of aromatic nitrogens is 1. The molecular weight excluding hydrogens is 278 g/mol. The number of benzene rings is 1. The number of hydrogen-bond donors (Lipinski definition) is 0. The van der Waals surface area contributed by atoms with Gasteiger partial charge in [0.15, 0.2) is 5.78 Å². The van der Waals surface area contributed by atoms with Crippen LogP contribution >= 0.6 is 0 Å². The Morgan fingerprint density at radius 2 is 2.00 bits per heavy atom. The third-order valence-corrected chi connectivity index (χ3v) is 3.84. The highest BCUT2D eigenvalue weighted by Crippen LogP contribution is 2.30. The van der Waals surface area contributed by atoms with Gasteiger partial charge in [0.1, 0.15) is 5.75 Å². The van der Waals surface area contributed by atoms with Crippen LogP contribution in [0.4, 0.5) is 0 Å². The molecule has 0 bridgehead atoms. The number of pyridine rings is 1. The molecule has 0 atom stereocenters. The lowest BCUT2D eigenvalue weighted by Gasteiger charge is -2.18. The van der Waals surface area contributed by atoms with Crippen molar-refractivity contribution in [1.82, 2.24) is 4.98 Å². The summed E-state index contributed by atoms with van der Waals surface area (Å²) < 4.78 is 10.5. The lowest BCUT2D eigenvalue weighted by molar-refractivity contribution is 0.102. The maximum absolute atomic E-state index is 12.7. The van der Waals surface area contributed by atoms with E-state index in [9.17, 15) is 4.79 Å². The summed E-state index contributed by atoms with van der Waals surface area (Å²) in [5.74, 6) is 1.28. The average Bonchev–Trinajstić information content (AvgIpc) is 2.57. The molecule has 22 heavy (non-hydrogen) atoms. The molecule has 4 heteroatoms. The molecule has 2 aromatic rings. The molecule has 0 unspecified atom stereocenters. The summed E-state index contributed by atoms with van der Waals surface area (Å²) in [5, 5.41) is 0. The lowest BCUT2D eigenvalue weighted by Crippen LogP contribution is -2.14. The van der Waals surface area contributed by atoms with E-state index in [1.165, 1.54) is 0 Å². The number of ketones is 1. The first-order valence-electron chi connectivity index (χ1n) is 7.14. The van der Waals surface area contributed by atoms with Crippen molar-refractivity contribution in [2.45, 2.75) is 12.8 Å². The van der Waals surface area contributed by atoms with E-state index in [0.717, 1.165) is 35.1 Å². The van der Waals surface area contributed by atoms with Crippen molar-refractivity contribution >= 4 is 11.9 Å². The number of nitrogens with zero attached hydrogens (tertiary/aromatic N) is 1. The van der Waals surface area contributed by atoms with Crippen LogP contribution in [-0.4, -0.2) is 25.0 Å². The molecule has 3 rings (SSSR count). The lowest BCUT2D eigenvalue weighted by atomic mass is 9.86. The summed E-state index contributed by atoms with van der Waals surface area (Å²) in [4.78, 5) is 16.9. The van der Waals surface area contributed by atoms with E-state index in [2.05, 4.69) is 4.98 Å². The molecule has 112 valence electrons. The molecule has 0 aliphatic heterocycles. The fraction of sp³-hybridized carbons (Fsp3) is 0.222. The minimum atomic E-state index is 0.0473. The molecule has 0 saturated carbocycles. The van der Waals surface area contributed by atoms with Crippen LogP contribution in [0.25, 0.3) is 6.08 Å². The SMILES string of the molecule is COc1ccc2c(c1)C(=O)/C(=C/c1cccnc1OC)CC2. The molecule has 1 aliphatic rings. The van der Waals surface area contributed by atoms with Gasteiger partial charge in [-0.15, -0.1) is 0 Å². The molecular formula is C18H17NO3. The molecule has 1 aromatic heterocycles. The summed E-state index contributed by atoms with van der Waals surface area (Å²) in [6, 6.07) is 9.40. The van der Waals surface area contributed by atoms with Gasteiger partial charge in [-0.05, 0) is 48.7 Å². The minimum Gasteiger partial charge on any atom is -0.497 e. The predicted octanol–water partition coefficient (Wildman–Crippen LogP) is 3.31. The van der Waals surface area contributed by atoms with E-state index >= 15 is 0 Å². The van der Waals surface area contributed by atoms with Crippen molar-refractivity contribution in [2.75, 3.05) is 14.2 Å². The number of allylic oxidation sites excluding steroid dienone is 1. The number of methoxy groups -OCH3 is 2. The van der Waals surface area contributed by atoms with Crippen molar-refractivity contribution in [3.63, 3.8) is 0 Å². The number of carbonyl (C=O) groups is 1. The number of Topliss-reactive ketones (excluding diaryl/α,β-unsaturated/α-hetero) is 1. The van der Waals surface area contributed by atoms with Crippen molar-refractivity contribution in [2.24, 2.45) is 0 Å². The van der Waals surface area contributed by atoms with Gasteiger partial charge in [-0.2, -0.15) is 0 Å². The largest absolute Gasteiger partial charge is 0.497 e. The monoisotopic (exact) mass is 295 g/mol. The van der Waals surface area contributed by atoms with E-state index in [4.69, 9.17) is 9.47 Å². The molecule has 4 nitrogen and oxygen atoms in total. The second kappa shape index (κ2) is 6.02. The zero-order valence-electron chi connectivity index (χ0n) is 12.6. The minimum absolute atomic E-state index is 0.0473. The van der Waals surface area contributed by atoms with Gasteiger partial charge in [0, 0.05) is 22.9 Å². The normalized spacial score (nSPS) is 15.5. The van der Waals surface area contributed by atoms with E-state index in [1.807, 2.05) is 36.4 Å². The molecule has 0 spiro atoms. The quantitative estimate of drug-likeness (QED) is 0.815. The number of aryl methyl sites for hydroxylation is 1. The highest BCUT2D eigenvalue weighted by atomic mass is 16.5. The summed E-state index contributed by atoms with van der Waals surface area (Å²) >= 11 is 0. The van der Waals surface area contributed by atoms with Gasteiger partial charge in [0.05, 0.1) is 14.2 Å². The van der Waals surface area contributed by atoms with Gasteiger partial charge in [0.2, 0.25) is 5.88 Å². The Bertz CT molecular complexity index is 750. The first kappa shape index (κ1) is 14.3. The number of ether oxygens (including phenoxy) is 2. The molecule has 0 amide bonds. The van der Waals surface area contributed by atoms with Crippen LogP contribution in [0.1, 0.15) is 27.9 Å². The van der Waals surface area contributed by atoms with Gasteiger partial charge in [-0.3, -0.25) is 4.79 Å².